The molecule has 0 aliphatic rings. The Morgan fingerprint density at radius 3 is 0.846 bits per heavy atom. The van der Waals surface area contributed by atoms with Gasteiger partial charge in [-0.15, -0.1) is 0 Å². The Balaban J connectivity index is 1.12. The Bertz CT molecular complexity index is 1810. The molecule has 0 amide bonds. The van der Waals surface area contributed by atoms with Gasteiger partial charge in [-0.1, -0.05) is 206 Å². The molecule has 0 saturated heterocycles. The van der Waals surface area contributed by atoms with Crippen molar-refractivity contribution >= 4 is 37.1 Å². The summed E-state index contributed by atoms with van der Waals surface area (Å²) in [6.07, 6.45) is 2.04. The monoisotopic (exact) mass is 712 g/mol. The lowest BCUT2D eigenvalue weighted by Gasteiger charge is -2.28. The second kappa shape index (κ2) is 18.7. The molecule has 0 saturated carbocycles. The first-order valence-electron chi connectivity index (χ1n) is 18.2. The molecule has 0 aliphatic carbocycles. The number of nitrogens with one attached hydrogen (secondary N) is 2. The summed E-state index contributed by atoms with van der Waals surface area (Å²) in [5.74, 6) is 0. The quantitative estimate of drug-likeness (QED) is 0.0976. The molecule has 0 fully saturated rings. The summed E-state index contributed by atoms with van der Waals surface area (Å²) in [6, 6.07) is 75.6. The second-order valence-electron chi connectivity index (χ2n) is 13.0. The average Bonchev–Trinajstić information content (AvgIpc) is 3.23. The van der Waals surface area contributed by atoms with Crippen LogP contribution in [-0.4, -0.2) is 12.3 Å². The first-order chi connectivity index (χ1) is 25.8. The third-order valence-corrected chi connectivity index (χ3v) is 14.7. The summed E-state index contributed by atoms with van der Waals surface area (Å²) >= 11 is 0. The SMILES string of the molecule is c1ccc(C(CP(c2ccccc2)c2ccccc2)NCc2ccccc2CNC(CP(c2ccccc2)c2ccccc2)c2ccccc2)cc1. The second-order valence-corrected chi connectivity index (χ2v) is 17.5. The minimum Gasteiger partial charge on any atom is -0.306 e. The predicted octanol–water partition coefficient (Wildman–Crippen LogP) is 9.61. The predicted molar refractivity (Wildman–Crippen MR) is 226 cm³/mol. The minimum absolute atomic E-state index is 0.200. The Kier molecular flexibility index (Phi) is 12.8. The van der Waals surface area contributed by atoms with E-state index in [9.17, 15) is 0 Å². The van der Waals surface area contributed by atoms with Crippen molar-refractivity contribution in [3.8, 4) is 0 Å². The van der Waals surface area contributed by atoms with E-state index in [1.165, 1.54) is 43.5 Å². The molecule has 0 radical (unpaired) electrons. The van der Waals surface area contributed by atoms with Crippen molar-refractivity contribution in [1.82, 2.24) is 10.6 Å². The van der Waals surface area contributed by atoms with E-state index in [4.69, 9.17) is 0 Å². The molecule has 7 aromatic rings. The van der Waals surface area contributed by atoms with E-state index in [-0.39, 0.29) is 12.1 Å². The van der Waals surface area contributed by atoms with E-state index in [1.807, 2.05) is 0 Å². The number of benzene rings is 7. The zero-order valence-corrected chi connectivity index (χ0v) is 31.3. The van der Waals surface area contributed by atoms with Crippen LogP contribution >= 0.6 is 15.8 Å². The van der Waals surface area contributed by atoms with E-state index in [2.05, 4.69) is 217 Å². The maximum atomic E-state index is 4.05. The van der Waals surface area contributed by atoms with Crippen LogP contribution in [0.3, 0.4) is 0 Å². The minimum atomic E-state index is -0.563. The van der Waals surface area contributed by atoms with Gasteiger partial charge in [0.25, 0.3) is 0 Å². The summed E-state index contributed by atoms with van der Waals surface area (Å²) in [6.45, 7) is 1.59. The van der Waals surface area contributed by atoms with Crippen LogP contribution in [0.25, 0.3) is 0 Å². The van der Waals surface area contributed by atoms with Crippen molar-refractivity contribution in [2.24, 2.45) is 0 Å². The van der Waals surface area contributed by atoms with Crippen LogP contribution in [0.1, 0.15) is 34.3 Å². The van der Waals surface area contributed by atoms with Gasteiger partial charge < -0.3 is 10.6 Å². The lowest BCUT2D eigenvalue weighted by molar-refractivity contribution is 0.559. The summed E-state index contributed by atoms with van der Waals surface area (Å²) in [7, 11) is -1.13. The molecule has 4 heteroatoms. The molecule has 7 aromatic carbocycles. The van der Waals surface area contributed by atoms with Crippen LogP contribution in [0.15, 0.2) is 206 Å². The molecule has 52 heavy (non-hydrogen) atoms. The van der Waals surface area contributed by atoms with Gasteiger partial charge in [-0.3, -0.25) is 0 Å². The largest absolute Gasteiger partial charge is 0.306 e. The summed E-state index contributed by atoms with van der Waals surface area (Å²) in [4.78, 5) is 0. The molecular formula is C48H46N2P2. The van der Waals surface area contributed by atoms with E-state index >= 15 is 0 Å². The molecule has 0 heterocycles. The summed E-state index contributed by atoms with van der Waals surface area (Å²) in [5.41, 5.74) is 5.33. The van der Waals surface area contributed by atoms with E-state index in [1.54, 1.807) is 0 Å². The Morgan fingerprint density at radius 2 is 0.558 bits per heavy atom. The van der Waals surface area contributed by atoms with Crippen molar-refractivity contribution in [3.63, 3.8) is 0 Å². The van der Waals surface area contributed by atoms with Crippen LogP contribution in [-0.2, 0) is 13.1 Å². The third kappa shape index (κ3) is 9.60. The third-order valence-electron chi connectivity index (χ3n) is 9.60. The van der Waals surface area contributed by atoms with Gasteiger partial charge >= 0.3 is 0 Å². The molecule has 2 N–H and O–H groups in total. The number of rotatable bonds is 16. The fourth-order valence-electron chi connectivity index (χ4n) is 6.83. The fraction of sp³-hybridized carbons (Fsp3) is 0.125. The number of hydrogen-bond acceptors (Lipinski definition) is 2. The molecule has 0 aliphatic heterocycles. The van der Waals surface area contributed by atoms with Gasteiger partial charge in [0, 0.05) is 25.2 Å². The molecule has 258 valence electrons. The van der Waals surface area contributed by atoms with Gasteiger partial charge in [0.2, 0.25) is 0 Å². The first kappa shape index (κ1) is 35.7. The summed E-state index contributed by atoms with van der Waals surface area (Å²) < 4.78 is 0. The van der Waals surface area contributed by atoms with Crippen molar-refractivity contribution in [3.05, 3.63) is 229 Å². The summed E-state index contributed by atoms with van der Waals surface area (Å²) in [5, 5.41) is 13.7. The van der Waals surface area contributed by atoms with Gasteiger partial charge in [0.1, 0.15) is 0 Å². The van der Waals surface area contributed by atoms with Crippen LogP contribution < -0.4 is 31.9 Å². The Morgan fingerprint density at radius 1 is 0.308 bits per heavy atom. The van der Waals surface area contributed by atoms with Crippen molar-refractivity contribution in [2.45, 2.75) is 25.2 Å². The smallest absolute Gasteiger partial charge is 0.0368 e. The first-order valence-corrected chi connectivity index (χ1v) is 21.3. The maximum Gasteiger partial charge on any atom is 0.0368 e. The fourth-order valence-corrected chi connectivity index (χ4v) is 11.8. The zero-order chi connectivity index (χ0) is 35.2. The van der Waals surface area contributed by atoms with Crippen molar-refractivity contribution in [1.29, 1.82) is 0 Å². The van der Waals surface area contributed by atoms with Crippen LogP contribution in [0, 0.1) is 0 Å². The highest BCUT2D eigenvalue weighted by atomic mass is 31.1. The molecule has 0 spiro atoms. The number of hydrogen-bond donors (Lipinski definition) is 2. The topological polar surface area (TPSA) is 24.1 Å². The van der Waals surface area contributed by atoms with Gasteiger partial charge in [-0.25, -0.2) is 0 Å². The molecule has 0 aromatic heterocycles. The Labute approximate surface area is 312 Å². The lowest BCUT2D eigenvalue weighted by Crippen LogP contribution is -2.29. The highest BCUT2D eigenvalue weighted by Gasteiger charge is 2.23. The van der Waals surface area contributed by atoms with Gasteiger partial charge in [0.15, 0.2) is 0 Å². The average molecular weight is 713 g/mol. The normalized spacial score (nSPS) is 12.5. The van der Waals surface area contributed by atoms with E-state index in [0.717, 1.165) is 25.4 Å². The molecule has 2 unspecified atom stereocenters. The molecule has 7 rings (SSSR count). The van der Waals surface area contributed by atoms with Crippen LogP contribution in [0.2, 0.25) is 0 Å². The lowest BCUT2D eigenvalue weighted by atomic mass is 10.0. The molecule has 2 nitrogen and oxygen atoms in total. The standard InChI is InChI=1S/C48H46N2P2/c1-7-21-39(22-8-1)47(37-51(43-27-11-3-12-28-43)44-29-13-4-14-30-44)49-35-41-25-19-20-26-42(41)36-50-48(40-23-9-2-10-24-40)38-52(45-31-15-5-16-32-45)46-33-17-6-18-34-46/h1-34,47-50H,35-38H2. The van der Waals surface area contributed by atoms with E-state index in [0.29, 0.717) is 0 Å². The van der Waals surface area contributed by atoms with E-state index < -0.39 is 15.8 Å². The highest BCUT2D eigenvalue weighted by Crippen LogP contribution is 2.39. The molecule has 0 bridgehead atoms. The van der Waals surface area contributed by atoms with Gasteiger partial charge in [0.05, 0.1) is 0 Å². The van der Waals surface area contributed by atoms with Gasteiger partial charge in [-0.05, 0) is 71.6 Å². The van der Waals surface area contributed by atoms with Crippen LogP contribution in [0.4, 0.5) is 0 Å². The highest BCUT2D eigenvalue weighted by molar-refractivity contribution is 7.73. The van der Waals surface area contributed by atoms with Crippen molar-refractivity contribution in [2.75, 3.05) is 12.3 Å². The van der Waals surface area contributed by atoms with Crippen molar-refractivity contribution < 1.29 is 0 Å². The zero-order valence-electron chi connectivity index (χ0n) is 29.5. The van der Waals surface area contributed by atoms with Gasteiger partial charge in [-0.2, -0.15) is 0 Å². The van der Waals surface area contributed by atoms with Crippen LogP contribution in [0.5, 0.6) is 0 Å². The molecule has 2 atom stereocenters. The Hall–Kier alpha value is -4.68. The maximum absolute atomic E-state index is 4.05. The molecular weight excluding hydrogens is 666 g/mol.